The topological polar surface area (TPSA) is 0 Å². The van der Waals surface area contributed by atoms with Crippen molar-refractivity contribution in [3.8, 4) is 22.3 Å². The first-order valence-electron chi connectivity index (χ1n) is 9.39. The molecule has 0 heteroatoms. The first-order valence-corrected chi connectivity index (χ1v) is 9.39. The molecular formula is C26H29. The lowest BCUT2D eigenvalue weighted by Crippen LogP contribution is -1.98. The van der Waals surface area contributed by atoms with E-state index in [-0.39, 0.29) is 0 Å². The molecule has 0 aliphatic heterocycles. The summed E-state index contributed by atoms with van der Waals surface area (Å²) in [5, 5.41) is 0. The van der Waals surface area contributed by atoms with E-state index in [9.17, 15) is 0 Å². The molecule has 0 fully saturated rings. The first-order chi connectivity index (χ1) is 12.2. The van der Waals surface area contributed by atoms with Crippen LogP contribution in [-0.4, -0.2) is 0 Å². The summed E-state index contributed by atoms with van der Waals surface area (Å²) in [7, 11) is 0. The average Bonchev–Trinajstić information content (AvgIpc) is 2.49. The Morgan fingerprint density at radius 1 is 0.423 bits per heavy atom. The number of benzene rings is 3. The normalized spacial score (nSPS) is 11.1. The predicted octanol–water partition coefficient (Wildman–Crippen LogP) is 7.29. The van der Waals surface area contributed by atoms with Gasteiger partial charge in [0.05, 0.1) is 0 Å². The summed E-state index contributed by atoms with van der Waals surface area (Å²) in [4.78, 5) is 0. The van der Waals surface area contributed by atoms with Crippen LogP contribution in [-0.2, 0) is 0 Å². The molecule has 0 N–H and O–H groups in total. The van der Waals surface area contributed by atoms with E-state index in [1.165, 1.54) is 66.8 Å². The second-order valence-corrected chi connectivity index (χ2v) is 7.93. The van der Waals surface area contributed by atoms with Crippen LogP contribution < -0.4 is 0 Å². The lowest BCUT2D eigenvalue weighted by molar-refractivity contribution is 1.28. The fourth-order valence-corrected chi connectivity index (χ4v) is 4.46. The van der Waals surface area contributed by atoms with E-state index < -0.39 is 0 Å². The minimum absolute atomic E-state index is 1.24. The average molecular weight is 342 g/mol. The molecule has 0 amide bonds. The van der Waals surface area contributed by atoms with Gasteiger partial charge in [0.2, 0.25) is 0 Å². The molecule has 0 aromatic heterocycles. The van der Waals surface area contributed by atoms with Crippen LogP contribution in [0, 0.1) is 61.5 Å². The fraction of sp³-hybridized carbons (Fsp3) is 0.308. The van der Waals surface area contributed by atoms with Crippen molar-refractivity contribution in [2.75, 3.05) is 0 Å². The van der Waals surface area contributed by atoms with Crippen LogP contribution in [0.25, 0.3) is 22.3 Å². The lowest BCUT2D eigenvalue weighted by atomic mass is 9.85. The van der Waals surface area contributed by atoms with Crippen LogP contribution in [0.2, 0.25) is 0 Å². The molecule has 0 bridgehead atoms. The highest BCUT2D eigenvalue weighted by atomic mass is 14.2. The standard InChI is InChI=1S/C26H29/c1-15-9-19(5)25(20(6)10-15)23-14-24(18(4)13-17(23)3)26-21(7)11-16(2)12-22(26)8/h9-13H,1-8H3. The molecule has 3 aromatic rings. The third-order valence-corrected chi connectivity index (χ3v) is 5.33. The maximum Gasteiger partial charge on any atom is -0.000839 e. The van der Waals surface area contributed by atoms with Crippen LogP contribution in [0.3, 0.4) is 0 Å². The van der Waals surface area contributed by atoms with Gasteiger partial charge in [-0.3, -0.25) is 0 Å². The Kier molecular flexibility index (Phi) is 4.80. The van der Waals surface area contributed by atoms with Gasteiger partial charge in [-0.2, -0.15) is 0 Å². The summed E-state index contributed by atoms with van der Waals surface area (Å²) in [5.41, 5.74) is 15.7. The highest BCUT2D eigenvalue weighted by molar-refractivity contribution is 5.82. The monoisotopic (exact) mass is 341 g/mol. The van der Waals surface area contributed by atoms with Gasteiger partial charge < -0.3 is 0 Å². The largest absolute Gasteiger partial charge is 0.0557 e. The van der Waals surface area contributed by atoms with E-state index in [4.69, 9.17) is 0 Å². The number of rotatable bonds is 2. The van der Waals surface area contributed by atoms with E-state index in [0.29, 0.717) is 0 Å². The number of hydrogen-bond acceptors (Lipinski definition) is 0. The zero-order valence-electron chi connectivity index (χ0n) is 17.4. The van der Waals surface area contributed by atoms with Crippen LogP contribution >= 0.6 is 0 Å². The molecular weight excluding hydrogens is 312 g/mol. The van der Waals surface area contributed by atoms with Gasteiger partial charge in [-0.25, -0.2) is 0 Å². The van der Waals surface area contributed by atoms with Crippen molar-refractivity contribution in [1.29, 1.82) is 0 Å². The Bertz CT molecular complexity index is 878. The molecule has 133 valence electrons. The molecule has 0 atom stereocenters. The molecule has 0 saturated heterocycles. The summed E-state index contributed by atoms with van der Waals surface area (Å²) in [5.74, 6) is 0. The van der Waals surface area contributed by atoms with E-state index in [1.54, 1.807) is 0 Å². The van der Waals surface area contributed by atoms with Gasteiger partial charge in [-0.05, 0) is 117 Å². The molecule has 3 rings (SSSR count). The number of hydrogen-bond donors (Lipinski definition) is 0. The maximum absolute atomic E-state index is 3.82. The van der Waals surface area contributed by atoms with Gasteiger partial charge in [0, 0.05) is 0 Å². The molecule has 0 spiro atoms. The van der Waals surface area contributed by atoms with Crippen molar-refractivity contribution in [3.63, 3.8) is 0 Å². The van der Waals surface area contributed by atoms with Crippen LogP contribution in [0.4, 0.5) is 0 Å². The van der Waals surface area contributed by atoms with Crippen LogP contribution in [0.15, 0.2) is 30.3 Å². The number of aryl methyl sites for hydroxylation is 8. The molecule has 0 aliphatic carbocycles. The Morgan fingerprint density at radius 2 is 0.731 bits per heavy atom. The van der Waals surface area contributed by atoms with Crippen LogP contribution in [0.1, 0.15) is 44.5 Å². The van der Waals surface area contributed by atoms with E-state index >= 15 is 0 Å². The Morgan fingerprint density at radius 3 is 1.04 bits per heavy atom. The Hall–Kier alpha value is -2.34. The van der Waals surface area contributed by atoms with Gasteiger partial charge in [0.25, 0.3) is 0 Å². The fourth-order valence-electron chi connectivity index (χ4n) is 4.46. The highest BCUT2D eigenvalue weighted by Gasteiger charge is 2.16. The smallest absolute Gasteiger partial charge is 0.000839 e. The highest BCUT2D eigenvalue weighted by Crippen LogP contribution is 2.37. The van der Waals surface area contributed by atoms with Crippen molar-refractivity contribution in [2.24, 2.45) is 0 Å². The van der Waals surface area contributed by atoms with Crippen LogP contribution in [0.5, 0.6) is 0 Å². The predicted molar refractivity (Wildman–Crippen MR) is 114 cm³/mol. The molecule has 0 heterocycles. The third-order valence-electron chi connectivity index (χ3n) is 5.33. The van der Waals surface area contributed by atoms with Crippen molar-refractivity contribution in [1.82, 2.24) is 0 Å². The van der Waals surface area contributed by atoms with Gasteiger partial charge in [-0.15, -0.1) is 0 Å². The summed E-state index contributed by atoms with van der Waals surface area (Å²) < 4.78 is 0. The van der Waals surface area contributed by atoms with Gasteiger partial charge >= 0.3 is 0 Å². The first kappa shape index (κ1) is 18.5. The Labute approximate surface area is 158 Å². The van der Waals surface area contributed by atoms with E-state index in [0.717, 1.165) is 0 Å². The van der Waals surface area contributed by atoms with Crippen molar-refractivity contribution in [2.45, 2.75) is 55.4 Å². The zero-order valence-corrected chi connectivity index (χ0v) is 17.4. The molecule has 26 heavy (non-hydrogen) atoms. The zero-order chi connectivity index (χ0) is 19.2. The second-order valence-electron chi connectivity index (χ2n) is 7.93. The Balaban J connectivity index is 2.32. The third kappa shape index (κ3) is 3.21. The molecule has 0 nitrogen and oxygen atoms in total. The minimum atomic E-state index is 1.24. The summed E-state index contributed by atoms with van der Waals surface area (Å²) in [6, 6.07) is 15.2. The van der Waals surface area contributed by atoms with Crippen molar-refractivity contribution in [3.05, 3.63) is 80.9 Å². The van der Waals surface area contributed by atoms with Crippen molar-refractivity contribution < 1.29 is 0 Å². The molecule has 3 aromatic carbocycles. The SMILES string of the molecule is Cc1cc(C)c(-c2[c]c(-c3c(C)cc(C)cc3C)c(C)cc2C)c(C)c1. The summed E-state index contributed by atoms with van der Waals surface area (Å²) in [6.45, 7) is 17.6. The molecule has 0 saturated carbocycles. The van der Waals surface area contributed by atoms with Crippen molar-refractivity contribution >= 4 is 0 Å². The van der Waals surface area contributed by atoms with Gasteiger partial charge in [-0.1, -0.05) is 41.5 Å². The van der Waals surface area contributed by atoms with E-state index in [1.807, 2.05) is 0 Å². The molecule has 0 aliphatic rings. The van der Waals surface area contributed by atoms with Gasteiger partial charge in [0.15, 0.2) is 0 Å². The molecule has 0 unspecified atom stereocenters. The van der Waals surface area contributed by atoms with E-state index in [2.05, 4.69) is 91.8 Å². The lowest BCUT2D eigenvalue weighted by Gasteiger charge is -2.19. The minimum Gasteiger partial charge on any atom is -0.0557 e. The second kappa shape index (κ2) is 6.76. The van der Waals surface area contributed by atoms with Gasteiger partial charge in [0.1, 0.15) is 0 Å². The maximum atomic E-state index is 3.82. The summed E-state index contributed by atoms with van der Waals surface area (Å²) in [6.07, 6.45) is 0. The molecule has 1 radical (unpaired) electrons. The summed E-state index contributed by atoms with van der Waals surface area (Å²) >= 11 is 0. The quantitative estimate of drug-likeness (QED) is 0.459.